The lowest BCUT2D eigenvalue weighted by atomic mass is 9.41. The van der Waals surface area contributed by atoms with E-state index in [1.807, 2.05) is 0 Å². The second-order valence-electron chi connectivity index (χ2n) is 24.1. The number of furan rings is 1. The molecule has 1 fully saturated rings. The van der Waals surface area contributed by atoms with Gasteiger partial charge >= 0.3 is 6.85 Å². The molecule has 9 aromatic rings. The highest BCUT2D eigenvalue weighted by molar-refractivity contribution is 6.97. The van der Waals surface area contributed by atoms with Crippen LogP contribution < -0.4 is 10.3 Å². The van der Waals surface area contributed by atoms with Crippen molar-refractivity contribution in [3.63, 3.8) is 0 Å². The van der Waals surface area contributed by atoms with Gasteiger partial charge in [0, 0.05) is 61.4 Å². The monoisotopic (exact) mass is 866 g/mol. The molecule has 15 rings (SSSR count). The predicted octanol–water partition coefficient (Wildman–Crippen LogP) is 15.7. The number of aromatic nitrogens is 1. The molecule has 4 heteroatoms. The minimum absolute atomic E-state index is 0.0267. The van der Waals surface area contributed by atoms with E-state index in [1.165, 1.54) is 129 Å². The number of anilines is 2. The van der Waals surface area contributed by atoms with Gasteiger partial charge in [-0.25, -0.2) is 0 Å². The first kappa shape index (κ1) is 38.6. The van der Waals surface area contributed by atoms with Crippen molar-refractivity contribution in [2.75, 3.05) is 4.81 Å². The first-order chi connectivity index (χ1) is 32.0. The zero-order valence-corrected chi connectivity index (χ0v) is 40.4. The molecular weight excluding hydrogens is 812 g/mol. The van der Waals surface area contributed by atoms with Crippen molar-refractivity contribution in [3.8, 4) is 27.9 Å². The van der Waals surface area contributed by atoms with Gasteiger partial charge in [0.1, 0.15) is 11.2 Å². The van der Waals surface area contributed by atoms with Crippen molar-refractivity contribution in [1.82, 2.24) is 4.57 Å². The van der Waals surface area contributed by atoms with Crippen LogP contribution in [0.2, 0.25) is 0 Å². The highest BCUT2D eigenvalue weighted by Crippen LogP contribution is 2.68. The Kier molecular flexibility index (Phi) is 6.88. The fraction of sp³-hybridized carbons (Fsp3) is 0.270. The van der Waals surface area contributed by atoms with E-state index in [0.717, 1.165) is 11.2 Å². The molecule has 0 radical (unpaired) electrons. The van der Waals surface area contributed by atoms with Crippen molar-refractivity contribution in [2.45, 2.75) is 103 Å². The molecule has 4 aliphatic carbocycles. The summed E-state index contributed by atoms with van der Waals surface area (Å²) in [5, 5.41) is 3.78. The van der Waals surface area contributed by atoms with E-state index in [-0.39, 0.29) is 28.5 Å². The highest BCUT2D eigenvalue weighted by atomic mass is 16.3. The van der Waals surface area contributed by atoms with Crippen LogP contribution in [0.15, 0.2) is 132 Å². The molecule has 4 heterocycles. The molecule has 0 amide bonds. The molecule has 2 atom stereocenters. The normalized spacial score (nSPS) is 19.6. The van der Waals surface area contributed by atoms with E-state index in [2.05, 4.69) is 206 Å². The average molecular weight is 867 g/mol. The molecule has 0 N–H and O–H groups in total. The van der Waals surface area contributed by atoms with Gasteiger partial charge in [0.25, 0.3) is 0 Å². The third kappa shape index (κ3) is 4.70. The van der Waals surface area contributed by atoms with Crippen LogP contribution in [-0.4, -0.2) is 11.4 Å². The van der Waals surface area contributed by atoms with E-state index in [1.54, 1.807) is 5.57 Å². The number of fused-ring (bicyclic) bond motifs is 20. The largest absolute Gasteiger partial charge is 0.456 e. The van der Waals surface area contributed by atoms with Gasteiger partial charge < -0.3 is 13.8 Å². The Labute approximate surface area is 394 Å². The Morgan fingerprint density at radius 2 is 1.21 bits per heavy atom. The molecule has 1 saturated carbocycles. The topological polar surface area (TPSA) is 21.3 Å². The summed E-state index contributed by atoms with van der Waals surface area (Å²) in [7, 11) is 0. The Hall–Kier alpha value is -6.52. The molecule has 6 aliphatic rings. The van der Waals surface area contributed by atoms with E-state index in [4.69, 9.17) is 4.42 Å². The van der Waals surface area contributed by atoms with Gasteiger partial charge in [0.2, 0.25) is 0 Å². The summed E-state index contributed by atoms with van der Waals surface area (Å²) in [6.45, 7) is 23.8. The van der Waals surface area contributed by atoms with Crippen molar-refractivity contribution in [1.29, 1.82) is 0 Å². The number of benzene rings is 7. The lowest BCUT2D eigenvalue weighted by Crippen LogP contribution is -2.54. The number of hydrogen-bond donors (Lipinski definition) is 0. The van der Waals surface area contributed by atoms with Crippen LogP contribution in [0, 0.1) is 5.92 Å². The Balaban J connectivity index is 1.09. The van der Waals surface area contributed by atoms with Gasteiger partial charge in [-0.1, -0.05) is 148 Å². The maximum absolute atomic E-state index is 6.72. The third-order valence-electron chi connectivity index (χ3n) is 17.6. The molecular formula is C63H55BN2O. The molecule has 326 valence electrons. The van der Waals surface area contributed by atoms with Crippen molar-refractivity contribution >= 4 is 67.6 Å². The van der Waals surface area contributed by atoms with E-state index in [0.29, 0.717) is 11.8 Å². The molecule has 0 bridgehead atoms. The standard InChI is InChI=1S/C63H55BN2O/c1-60(2,3)33-19-22-35(23-20-33)66-52-31-49-39(37-24-21-34(61(4,5)6)25-47(37)63(49,9)10)26-45(52)56-42-28-43(42)57-44-27-41-38-16-12-14-18-54(38)67-55(41)32-51(44)65-53-29-40-36-15-11-13-17-46(36)62(7,8)48(40)30-50(53)64(66)58(56)59(57)65/h11-27,29-32,42-43H,28H2,1-10H3. The first-order valence-electron chi connectivity index (χ1n) is 24.8. The fourth-order valence-electron chi connectivity index (χ4n) is 14.0. The number of para-hydroxylation sites is 1. The number of rotatable bonds is 1. The van der Waals surface area contributed by atoms with Gasteiger partial charge in [-0.3, -0.25) is 0 Å². The first-order valence-corrected chi connectivity index (χ1v) is 24.8. The van der Waals surface area contributed by atoms with Gasteiger partial charge in [-0.2, -0.15) is 0 Å². The van der Waals surface area contributed by atoms with Crippen LogP contribution in [0.4, 0.5) is 11.4 Å². The molecule has 3 nitrogen and oxygen atoms in total. The van der Waals surface area contributed by atoms with E-state index < -0.39 is 0 Å². The van der Waals surface area contributed by atoms with Gasteiger partial charge in [0.15, 0.2) is 0 Å². The minimum Gasteiger partial charge on any atom is -0.456 e. The minimum atomic E-state index is -0.159. The van der Waals surface area contributed by atoms with E-state index >= 15 is 0 Å². The van der Waals surface area contributed by atoms with Crippen molar-refractivity contribution in [3.05, 3.63) is 178 Å². The SMILES string of the molecule is CC(C)(C)c1ccc(N2B3C4=C(c5cc6c(cc52)C(C)(C)c2cc(C(C)(C)C)ccc2-6)C2CC2c2c4n(c4cc5oc6ccccc6c5cc24)-c2cc4c(cc23)C(C)(C)c2ccccc2-4)cc1. The molecule has 2 aliphatic heterocycles. The van der Waals surface area contributed by atoms with Crippen molar-refractivity contribution in [2.24, 2.45) is 5.92 Å². The van der Waals surface area contributed by atoms with Gasteiger partial charge in [0.05, 0.1) is 5.52 Å². The van der Waals surface area contributed by atoms with Crippen LogP contribution >= 0.6 is 0 Å². The zero-order valence-electron chi connectivity index (χ0n) is 40.4. The molecule has 0 saturated heterocycles. The maximum Gasteiger partial charge on any atom is 0.332 e. The van der Waals surface area contributed by atoms with Crippen LogP contribution in [0.5, 0.6) is 0 Å². The number of hydrogen-bond acceptors (Lipinski definition) is 2. The molecule has 0 spiro atoms. The highest BCUT2D eigenvalue weighted by Gasteiger charge is 2.58. The summed E-state index contributed by atoms with van der Waals surface area (Å²) in [5.74, 6) is 0.915. The van der Waals surface area contributed by atoms with Gasteiger partial charge in [-0.05, 0) is 149 Å². The second-order valence-corrected chi connectivity index (χ2v) is 24.1. The quantitative estimate of drug-likeness (QED) is 0.153. The summed E-state index contributed by atoms with van der Waals surface area (Å²) in [5.41, 5.74) is 29.7. The summed E-state index contributed by atoms with van der Waals surface area (Å²) < 4.78 is 9.42. The van der Waals surface area contributed by atoms with E-state index in [9.17, 15) is 0 Å². The maximum atomic E-state index is 6.72. The molecule has 7 aromatic carbocycles. The number of nitrogens with zero attached hydrogens (tertiary/aromatic N) is 2. The smallest absolute Gasteiger partial charge is 0.332 e. The Morgan fingerprint density at radius 1 is 0.537 bits per heavy atom. The van der Waals surface area contributed by atoms with Crippen LogP contribution in [-0.2, 0) is 21.7 Å². The summed E-state index contributed by atoms with van der Waals surface area (Å²) >= 11 is 0. The second kappa shape index (κ2) is 12.0. The fourth-order valence-corrected chi connectivity index (χ4v) is 14.0. The molecule has 2 aromatic heterocycles. The summed E-state index contributed by atoms with van der Waals surface area (Å²) in [6.07, 6.45) is 1.17. The third-order valence-corrected chi connectivity index (χ3v) is 17.6. The predicted molar refractivity (Wildman–Crippen MR) is 281 cm³/mol. The lowest BCUT2D eigenvalue weighted by Gasteiger charge is -2.45. The van der Waals surface area contributed by atoms with Gasteiger partial charge in [-0.15, -0.1) is 0 Å². The molecule has 67 heavy (non-hydrogen) atoms. The van der Waals surface area contributed by atoms with Crippen LogP contribution in [0.1, 0.15) is 132 Å². The zero-order chi connectivity index (χ0) is 45.6. The Morgan fingerprint density at radius 3 is 2.00 bits per heavy atom. The summed E-state index contributed by atoms with van der Waals surface area (Å²) in [6, 6.07) is 50.1. The number of allylic oxidation sites excluding steroid dienone is 1. The van der Waals surface area contributed by atoms with Crippen LogP contribution in [0.25, 0.3) is 71.8 Å². The lowest BCUT2D eigenvalue weighted by molar-refractivity contribution is 0.584. The molecule has 2 unspecified atom stereocenters. The average Bonchev–Trinajstić information content (AvgIpc) is 3.75. The van der Waals surface area contributed by atoms with Crippen molar-refractivity contribution < 1.29 is 4.42 Å². The Bertz CT molecular complexity index is 3820. The van der Waals surface area contributed by atoms with Crippen LogP contribution in [0.3, 0.4) is 0 Å². The summed E-state index contributed by atoms with van der Waals surface area (Å²) in [4.78, 5) is 2.79.